The fourth-order valence-corrected chi connectivity index (χ4v) is 5.14. The molecule has 0 aromatic heterocycles. The summed E-state index contributed by atoms with van der Waals surface area (Å²) in [5, 5.41) is 0. The number of allylic oxidation sites excluding steroid dienone is 2. The first-order chi connectivity index (χ1) is 9.12. The van der Waals surface area contributed by atoms with E-state index in [1.807, 2.05) is 0 Å². The van der Waals surface area contributed by atoms with Crippen LogP contribution >= 0.6 is 0 Å². The zero-order chi connectivity index (χ0) is 14.4. The van der Waals surface area contributed by atoms with Gasteiger partial charge < -0.3 is 13.3 Å². The van der Waals surface area contributed by atoms with Gasteiger partial charge in [-0.25, -0.2) is 0 Å². The highest BCUT2D eigenvalue weighted by atomic mass is 28.4. The van der Waals surface area contributed by atoms with Crippen molar-refractivity contribution in [2.24, 2.45) is 11.3 Å². The van der Waals surface area contributed by atoms with Crippen molar-refractivity contribution in [3.63, 3.8) is 0 Å². The van der Waals surface area contributed by atoms with Crippen LogP contribution in [0.3, 0.4) is 0 Å². The summed E-state index contributed by atoms with van der Waals surface area (Å²) in [4.78, 5) is 0. The van der Waals surface area contributed by atoms with Gasteiger partial charge in [-0.2, -0.15) is 0 Å². The Morgan fingerprint density at radius 1 is 1.16 bits per heavy atom. The lowest BCUT2D eigenvalue weighted by Crippen LogP contribution is -2.44. The van der Waals surface area contributed by atoms with Crippen LogP contribution in [-0.4, -0.2) is 30.1 Å². The van der Waals surface area contributed by atoms with Crippen molar-refractivity contribution in [2.75, 3.05) is 21.3 Å². The van der Waals surface area contributed by atoms with E-state index in [0.717, 1.165) is 12.5 Å². The van der Waals surface area contributed by atoms with Gasteiger partial charge in [-0.15, -0.1) is 13.2 Å². The minimum Gasteiger partial charge on any atom is -0.377 e. The Morgan fingerprint density at radius 2 is 1.79 bits per heavy atom. The molecule has 0 aromatic carbocycles. The molecule has 0 amide bonds. The number of rotatable bonds is 8. The van der Waals surface area contributed by atoms with Crippen molar-refractivity contribution in [3.8, 4) is 0 Å². The van der Waals surface area contributed by atoms with Crippen molar-refractivity contribution in [3.05, 3.63) is 25.3 Å². The van der Waals surface area contributed by atoms with Crippen LogP contribution in [0, 0.1) is 11.3 Å². The van der Waals surface area contributed by atoms with E-state index < -0.39 is 8.80 Å². The van der Waals surface area contributed by atoms with Crippen molar-refractivity contribution >= 4 is 8.80 Å². The second-order valence-corrected chi connectivity index (χ2v) is 8.41. The zero-order valence-corrected chi connectivity index (χ0v) is 13.6. The third-order valence-corrected chi connectivity index (χ3v) is 7.39. The summed E-state index contributed by atoms with van der Waals surface area (Å²) in [6.07, 6.45) is 10.1. The third kappa shape index (κ3) is 3.57. The van der Waals surface area contributed by atoms with Crippen LogP contribution in [0.1, 0.15) is 32.1 Å². The van der Waals surface area contributed by atoms with Crippen molar-refractivity contribution in [2.45, 2.75) is 38.1 Å². The molecule has 0 spiro atoms. The van der Waals surface area contributed by atoms with Crippen LogP contribution < -0.4 is 0 Å². The van der Waals surface area contributed by atoms with Crippen molar-refractivity contribution in [1.82, 2.24) is 0 Å². The summed E-state index contributed by atoms with van der Waals surface area (Å²) in [5.74, 6) is 0.510. The average Bonchev–Trinajstić information content (AvgIpc) is 2.49. The molecule has 19 heavy (non-hydrogen) atoms. The Labute approximate surface area is 119 Å². The Kier molecular flexibility index (Phi) is 6.46. The van der Waals surface area contributed by atoms with Gasteiger partial charge in [-0.3, -0.25) is 0 Å². The van der Waals surface area contributed by atoms with Gasteiger partial charge in [0.15, 0.2) is 0 Å². The molecule has 0 aliphatic heterocycles. The fourth-order valence-electron chi connectivity index (χ4n) is 3.25. The summed E-state index contributed by atoms with van der Waals surface area (Å²) in [6.45, 7) is 8.08. The van der Waals surface area contributed by atoms with Crippen molar-refractivity contribution in [1.29, 1.82) is 0 Å². The summed E-state index contributed by atoms with van der Waals surface area (Å²) in [5.41, 5.74) is 0.133. The molecule has 2 unspecified atom stereocenters. The molecule has 0 radical (unpaired) electrons. The van der Waals surface area contributed by atoms with Gasteiger partial charge in [0.25, 0.3) is 0 Å². The van der Waals surface area contributed by atoms with E-state index in [1.54, 1.807) is 21.3 Å². The normalized spacial score (nSPS) is 28.1. The van der Waals surface area contributed by atoms with Crippen molar-refractivity contribution < 1.29 is 13.3 Å². The lowest BCUT2D eigenvalue weighted by Gasteiger charge is -2.42. The van der Waals surface area contributed by atoms with E-state index in [-0.39, 0.29) is 5.41 Å². The highest BCUT2D eigenvalue weighted by Crippen LogP contribution is 2.47. The number of hydrogen-bond donors (Lipinski definition) is 0. The van der Waals surface area contributed by atoms with E-state index in [0.29, 0.717) is 5.92 Å². The summed E-state index contributed by atoms with van der Waals surface area (Å²) in [6, 6.07) is 0.826. The predicted octanol–water partition coefficient (Wildman–Crippen LogP) is 3.80. The van der Waals surface area contributed by atoms with Gasteiger partial charge in [0.1, 0.15) is 0 Å². The fraction of sp³-hybridized carbons (Fsp3) is 0.733. The summed E-state index contributed by atoms with van der Waals surface area (Å²) < 4.78 is 16.6. The molecule has 0 saturated heterocycles. The first kappa shape index (κ1) is 16.6. The third-order valence-electron chi connectivity index (χ3n) is 4.67. The molecule has 110 valence electrons. The highest BCUT2D eigenvalue weighted by molar-refractivity contribution is 6.60. The molecule has 0 aromatic rings. The SMILES string of the molecule is C=CC1CCCCC1(C=C)CC[Si](OC)(OC)OC. The van der Waals surface area contributed by atoms with E-state index in [9.17, 15) is 0 Å². The lowest BCUT2D eigenvalue weighted by atomic mass is 9.65. The molecule has 1 rings (SSSR count). The standard InChI is InChI=1S/C15H28O3Si/c1-6-14-10-8-9-11-15(14,7-2)12-13-19(16-3,17-4)18-5/h6-7,14H,1-2,8-13H2,3-5H3. The van der Waals surface area contributed by atoms with Crippen LogP contribution in [-0.2, 0) is 13.3 Å². The maximum atomic E-state index is 5.52. The van der Waals surface area contributed by atoms with E-state index >= 15 is 0 Å². The van der Waals surface area contributed by atoms with Crippen LogP contribution in [0.2, 0.25) is 6.04 Å². The molecule has 1 aliphatic carbocycles. The second kappa shape index (κ2) is 7.38. The van der Waals surface area contributed by atoms with Crippen LogP contribution in [0.4, 0.5) is 0 Å². The Hall–Kier alpha value is -0.423. The maximum absolute atomic E-state index is 5.52. The molecule has 0 heterocycles. The van der Waals surface area contributed by atoms with Gasteiger partial charge in [-0.05, 0) is 30.6 Å². The van der Waals surface area contributed by atoms with E-state index in [4.69, 9.17) is 13.3 Å². The van der Waals surface area contributed by atoms with E-state index in [1.165, 1.54) is 25.7 Å². The molecule has 1 saturated carbocycles. The van der Waals surface area contributed by atoms with Crippen LogP contribution in [0.25, 0.3) is 0 Å². The Bertz CT molecular complexity index is 294. The Balaban J connectivity index is 2.80. The lowest BCUT2D eigenvalue weighted by molar-refractivity contribution is 0.110. The topological polar surface area (TPSA) is 27.7 Å². The van der Waals surface area contributed by atoms with Crippen LogP contribution in [0.5, 0.6) is 0 Å². The first-order valence-electron chi connectivity index (χ1n) is 7.03. The largest absolute Gasteiger partial charge is 0.500 e. The molecule has 4 heteroatoms. The molecular weight excluding hydrogens is 256 g/mol. The maximum Gasteiger partial charge on any atom is 0.500 e. The highest BCUT2D eigenvalue weighted by Gasteiger charge is 2.43. The molecule has 0 N–H and O–H groups in total. The first-order valence-corrected chi connectivity index (χ1v) is 8.97. The van der Waals surface area contributed by atoms with Gasteiger partial charge in [0.05, 0.1) is 0 Å². The smallest absolute Gasteiger partial charge is 0.377 e. The van der Waals surface area contributed by atoms with Gasteiger partial charge >= 0.3 is 8.80 Å². The summed E-state index contributed by atoms with van der Waals surface area (Å²) in [7, 11) is 2.53. The zero-order valence-electron chi connectivity index (χ0n) is 12.6. The minimum absolute atomic E-state index is 0.133. The monoisotopic (exact) mass is 284 g/mol. The van der Waals surface area contributed by atoms with Gasteiger partial charge in [0.2, 0.25) is 0 Å². The molecule has 1 aliphatic rings. The predicted molar refractivity (Wildman–Crippen MR) is 81.0 cm³/mol. The quantitative estimate of drug-likeness (QED) is 0.501. The van der Waals surface area contributed by atoms with Crippen LogP contribution in [0.15, 0.2) is 25.3 Å². The molecule has 1 fully saturated rings. The van der Waals surface area contributed by atoms with E-state index in [2.05, 4.69) is 25.3 Å². The second-order valence-electron chi connectivity index (χ2n) is 5.32. The molecule has 3 nitrogen and oxygen atoms in total. The number of hydrogen-bond acceptors (Lipinski definition) is 3. The Morgan fingerprint density at radius 3 is 2.26 bits per heavy atom. The van der Waals surface area contributed by atoms with Gasteiger partial charge in [-0.1, -0.05) is 25.0 Å². The molecular formula is C15H28O3Si. The summed E-state index contributed by atoms with van der Waals surface area (Å²) >= 11 is 0. The van der Waals surface area contributed by atoms with Gasteiger partial charge in [0, 0.05) is 27.4 Å². The average molecular weight is 284 g/mol. The molecule has 2 atom stereocenters. The molecule has 0 bridgehead atoms. The minimum atomic E-state index is -2.49.